The van der Waals surface area contributed by atoms with Crippen LogP contribution in [0, 0.1) is 11.3 Å². The molecule has 0 aliphatic rings. The second-order valence-electron chi connectivity index (χ2n) is 5.51. The van der Waals surface area contributed by atoms with Crippen LogP contribution in [0.4, 0.5) is 13.2 Å². The minimum atomic E-state index is -4.74. The van der Waals surface area contributed by atoms with Gasteiger partial charge in [-0.25, -0.2) is 9.59 Å². The number of carbonyl (C=O) groups is 1. The zero-order valence-electron chi connectivity index (χ0n) is 13.9. The quantitative estimate of drug-likeness (QED) is 0.384. The van der Waals surface area contributed by atoms with Crippen molar-refractivity contribution in [1.29, 1.82) is 5.26 Å². The number of alkyl halides is 3. The fraction of sp³-hybridized carbons (Fsp3) is 0.105. The van der Waals surface area contributed by atoms with Crippen LogP contribution in [0.5, 0.6) is 11.5 Å². The van der Waals surface area contributed by atoms with Gasteiger partial charge in [0.15, 0.2) is 6.61 Å². The van der Waals surface area contributed by atoms with E-state index in [4.69, 9.17) is 19.2 Å². The molecule has 0 aliphatic carbocycles. The molecule has 28 heavy (non-hydrogen) atoms. The van der Waals surface area contributed by atoms with Gasteiger partial charge in [0.2, 0.25) is 0 Å². The molecule has 3 aromatic rings. The lowest BCUT2D eigenvalue weighted by atomic mass is 10.1. The molecule has 0 radical (unpaired) electrons. The van der Waals surface area contributed by atoms with Crippen LogP contribution in [0.3, 0.4) is 0 Å². The van der Waals surface area contributed by atoms with Crippen molar-refractivity contribution in [2.24, 2.45) is 0 Å². The first-order chi connectivity index (χ1) is 13.3. The number of hydrogen-bond donors (Lipinski definition) is 0. The molecule has 0 saturated carbocycles. The van der Waals surface area contributed by atoms with Crippen LogP contribution >= 0.6 is 0 Å². The molecule has 142 valence electrons. The molecule has 0 atom stereocenters. The lowest BCUT2D eigenvalue weighted by molar-refractivity contribution is -0.137. The summed E-state index contributed by atoms with van der Waals surface area (Å²) in [6, 6.07) is 11.7. The minimum absolute atomic E-state index is 0.128. The lowest BCUT2D eigenvalue weighted by Gasteiger charge is -2.10. The predicted molar refractivity (Wildman–Crippen MR) is 89.8 cm³/mol. The summed E-state index contributed by atoms with van der Waals surface area (Å²) in [6.07, 6.45) is -4.74. The van der Waals surface area contributed by atoms with Crippen molar-refractivity contribution in [3.63, 3.8) is 0 Å². The van der Waals surface area contributed by atoms with Gasteiger partial charge in [0.05, 0.1) is 11.1 Å². The topological polar surface area (TPSA) is 89.5 Å². The van der Waals surface area contributed by atoms with Gasteiger partial charge in [0, 0.05) is 17.5 Å². The highest BCUT2D eigenvalue weighted by molar-refractivity contribution is 5.83. The third-order valence-electron chi connectivity index (χ3n) is 3.61. The van der Waals surface area contributed by atoms with Gasteiger partial charge in [-0.1, -0.05) is 12.1 Å². The summed E-state index contributed by atoms with van der Waals surface area (Å²) in [5.41, 5.74) is -2.48. The summed E-state index contributed by atoms with van der Waals surface area (Å²) >= 11 is 0. The highest BCUT2D eigenvalue weighted by atomic mass is 19.4. The maximum absolute atomic E-state index is 13.0. The number of esters is 1. The smallest absolute Gasteiger partial charge is 0.417 e. The number of para-hydroxylation sites is 1. The second kappa shape index (κ2) is 7.44. The van der Waals surface area contributed by atoms with Crippen molar-refractivity contribution in [2.45, 2.75) is 6.18 Å². The molecule has 6 nitrogen and oxygen atoms in total. The standard InChI is InChI=1S/C19H10F3NO5/c20-19(21,22)14-8-17(24)28-16-7-12(5-6-13(14)16)27-18(25)10-26-15-4-2-1-3-11(15)9-23/h1-8H,10H2. The Morgan fingerprint density at radius 1 is 1.14 bits per heavy atom. The average molecular weight is 389 g/mol. The number of nitriles is 1. The number of nitrogens with zero attached hydrogens (tertiary/aromatic N) is 1. The molecule has 3 rings (SSSR count). The highest BCUT2D eigenvalue weighted by Crippen LogP contribution is 2.34. The molecule has 2 aromatic carbocycles. The molecule has 0 N–H and O–H groups in total. The Morgan fingerprint density at radius 2 is 1.89 bits per heavy atom. The van der Waals surface area contributed by atoms with Crippen LogP contribution in [0.1, 0.15) is 11.1 Å². The van der Waals surface area contributed by atoms with E-state index in [1.165, 1.54) is 12.1 Å². The number of ether oxygens (including phenoxy) is 2. The van der Waals surface area contributed by atoms with Gasteiger partial charge in [-0.15, -0.1) is 0 Å². The van der Waals surface area contributed by atoms with Gasteiger partial charge in [0.1, 0.15) is 23.2 Å². The summed E-state index contributed by atoms with van der Waals surface area (Å²) in [5, 5.41) is 8.62. The van der Waals surface area contributed by atoms with E-state index >= 15 is 0 Å². The predicted octanol–water partition coefficient (Wildman–Crippen LogP) is 3.67. The Labute approximate surface area is 155 Å². The molecule has 0 amide bonds. The van der Waals surface area contributed by atoms with Crippen molar-refractivity contribution in [2.75, 3.05) is 6.61 Å². The SMILES string of the molecule is N#Cc1ccccc1OCC(=O)Oc1ccc2c(C(F)(F)F)cc(=O)oc2c1. The summed E-state index contributed by atoms with van der Waals surface area (Å²) < 4.78 is 54.1. The van der Waals surface area contributed by atoms with Crippen LogP contribution < -0.4 is 15.1 Å². The van der Waals surface area contributed by atoms with Crippen molar-refractivity contribution >= 4 is 16.9 Å². The molecule has 0 saturated heterocycles. The Hall–Kier alpha value is -3.80. The molecule has 0 spiro atoms. The van der Waals surface area contributed by atoms with E-state index in [1.807, 2.05) is 6.07 Å². The van der Waals surface area contributed by atoms with Crippen LogP contribution in [0.25, 0.3) is 11.0 Å². The normalized spacial score (nSPS) is 11.1. The van der Waals surface area contributed by atoms with Crippen LogP contribution in [-0.4, -0.2) is 12.6 Å². The van der Waals surface area contributed by atoms with Gasteiger partial charge in [-0.05, 0) is 24.3 Å². The van der Waals surface area contributed by atoms with Gasteiger partial charge >= 0.3 is 17.8 Å². The first kappa shape index (κ1) is 19.0. The Bertz CT molecular complexity index is 1140. The van der Waals surface area contributed by atoms with Gasteiger partial charge < -0.3 is 13.9 Å². The zero-order valence-corrected chi connectivity index (χ0v) is 13.9. The van der Waals surface area contributed by atoms with Crippen molar-refractivity contribution in [3.8, 4) is 17.6 Å². The minimum Gasteiger partial charge on any atom is -0.481 e. The number of hydrogen-bond acceptors (Lipinski definition) is 6. The largest absolute Gasteiger partial charge is 0.481 e. The molecule has 1 aromatic heterocycles. The molecule has 0 aliphatic heterocycles. The van der Waals surface area contributed by atoms with E-state index in [-0.39, 0.29) is 28.0 Å². The van der Waals surface area contributed by atoms with Crippen LogP contribution in [0.15, 0.2) is 57.7 Å². The molecule has 9 heteroatoms. The second-order valence-corrected chi connectivity index (χ2v) is 5.51. The Kier molecular flexibility index (Phi) is 5.04. The molecule has 0 bridgehead atoms. The van der Waals surface area contributed by atoms with E-state index in [1.54, 1.807) is 12.1 Å². The zero-order chi connectivity index (χ0) is 20.3. The lowest BCUT2D eigenvalue weighted by Crippen LogP contribution is -2.18. The number of rotatable bonds is 4. The number of fused-ring (bicyclic) bond motifs is 1. The maximum Gasteiger partial charge on any atom is 0.417 e. The third kappa shape index (κ3) is 4.12. The van der Waals surface area contributed by atoms with E-state index in [0.29, 0.717) is 6.07 Å². The average Bonchev–Trinajstić information content (AvgIpc) is 2.65. The Balaban J connectivity index is 1.78. The number of carbonyl (C=O) groups excluding carboxylic acids is 1. The van der Waals surface area contributed by atoms with E-state index < -0.39 is 29.9 Å². The summed E-state index contributed by atoms with van der Waals surface area (Å²) in [6.45, 7) is -0.538. The third-order valence-corrected chi connectivity index (χ3v) is 3.61. The van der Waals surface area contributed by atoms with Crippen LogP contribution in [-0.2, 0) is 11.0 Å². The van der Waals surface area contributed by atoms with Gasteiger partial charge in [-0.2, -0.15) is 18.4 Å². The number of halogens is 3. The summed E-state index contributed by atoms with van der Waals surface area (Å²) in [7, 11) is 0. The van der Waals surface area contributed by atoms with E-state index in [2.05, 4.69) is 0 Å². The van der Waals surface area contributed by atoms with Crippen LogP contribution in [0.2, 0.25) is 0 Å². The molecule has 1 heterocycles. The van der Waals surface area contributed by atoms with Crippen molar-refractivity contribution in [3.05, 3.63) is 70.1 Å². The summed E-state index contributed by atoms with van der Waals surface area (Å²) in [5.74, 6) is -0.806. The molecule has 0 fully saturated rings. The first-order valence-electron chi connectivity index (χ1n) is 7.75. The maximum atomic E-state index is 13.0. The van der Waals surface area contributed by atoms with Gasteiger partial charge in [0.25, 0.3) is 0 Å². The van der Waals surface area contributed by atoms with E-state index in [9.17, 15) is 22.8 Å². The monoisotopic (exact) mass is 389 g/mol. The summed E-state index contributed by atoms with van der Waals surface area (Å²) in [4.78, 5) is 23.3. The van der Waals surface area contributed by atoms with Gasteiger partial charge in [-0.3, -0.25) is 0 Å². The van der Waals surface area contributed by atoms with Crippen molar-refractivity contribution < 1.29 is 31.9 Å². The highest BCUT2D eigenvalue weighted by Gasteiger charge is 2.33. The van der Waals surface area contributed by atoms with Crippen molar-refractivity contribution in [1.82, 2.24) is 0 Å². The fourth-order valence-corrected chi connectivity index (χ4v) is 2.42. The molecular weight excluding hydrogens is 379 g/mol. The Morgan fingerprint density at radius 3 is 2.61 bits per heavy atom. The first-order valence-corrected chi connectivity index (χ1v) is 7.75. The molecule has 0 unspecified atom stereocenters. The van der Waals surface area contributed by atoms with E-state index in [0.717, 1.165) is 18.2 Å². The molecular formula is C19H10F3NO5. The fourth-order valence-electron chi connectivity index (χ4n) is 2.42. The number of benzene rings is 2.